The number of thioether (sulfide) groups is 1. The molecule has 0 amide bonds. The van der Waals surface area contributed by atoms with E-state index >= 15 is 0 Å². The molecule has 0 radical (unpaired) electrons. The van der Waals surface area contributed by atoms with Gasteiger partial charge in [-0.2, -0.15) is 0 Å². The van der Waals surface area contributed by atoms with E-state index in [4.69, 9.17) is 10.5 Å². The van der Waals surface area contributed by atoms with E-state index in [0.717, 1.165) is 5.56 Å². The van der Waals surface area contributed by atoms with Gasteiger partial charge in [-0.15, -0.1) is 0 Å². The second-order valence-electron chi connectivity index (χ2n) is 4.25. The fourth-order valence-electron chi connectivity index (χ4n) is 1.60. The third-order valence-corrected chi connectivity index (χ3v) is 3.37. The molecule has 0 saturated heterocycles. The van der Waals surface area contributed by atoms with Crippen molar-refractivity contribution in [3.05, 3.63) is 35.4 Å². The van der Waals surface area contributed by atoms with Gasteiger partial charge >= 0.3 is 5.97 Å². The van der Waals surface area contributed by atoms with Gasteiger partial charge in [0.05, 0.1) is 25.3 Å². The van der Waals surface area contributed by atoms with E-state index in [0.29, 0.717) is 23.1 Å². The minimum absolute atomic E-state index is 0.0360. The van der Waals surface area contributed by atoms with Gasteiger partial charge in [-0.25, -0.2) is 4.79 Å². The Morgan fingerprint density at radius 3 is 2.85 bits per heavy atom. The molecule has 0 fully saturated rings. The van der Waals surface area contributed by atoms with Crippen LogP contribution >= 0.6 is 11.8 Å². The van der Waals surface area contributed by atoms with Crippen LogP contribution in [-0.4, -0.2) is 38.0 Å². The van der Waals surface area contributed by atoms with E-state index in [2.05, 4.69) is 9.73 Å². The van der Waals surface area contributed by atoms with Gasteiger partial charge in [0.1, 0.15) is 0 Å². The number of ether oxygens (including phenoxy) is 2. The monoisotopic (exact) mass is 296 g/mol. The summed E-state index contributed by atoms with van der Waals surface area (Å²) in [5.74, 6) is 0.312. The molecule has 0 aromatic heterocycles. The Morgan fingerprint density at radius 2 is 2.20 bits per heavy atom. The van der Waals surface area contributed by atoms with Gasteiger partial charge in [-0.3, -0.25) is 4.99 Å². The number of carbonyl (C=O) groups excluding carboxylic acids is 1. The molecule has 0 bridgehead atoms. The van der Waals surface area contributed by atoms with Crippen LogP contribution in [-0.2, 0) is 15.2 Å². The number of nitrogens with two attached hydrogens (primary N) is 1. The molecule has 0 unspecified atom stereocenters. The number of methoxy groups -OCH3 is 2. The second-order valence-corrected chi connectivity index (χ2v) is 5.25. The summed E-state index contributed by atoms with van der Waals surface area (Å²) in [6.07, 6.45) is 0. The van der Waals surface area contributed by atoms with Crippen molar-refractivity contribution >= 4 is 22.9 Å². The van der Waals surface area contributed by atoms with Crippen molar-refractivity contribution in [3.8, 4) is 0 Å². The van der Waals surface area contributed by atoms with Gasteiger partial charge in [-0.05, 0) is 24.6 Å². The molecule has 6 heteroatoms. The van der Waals surface area contributed by atoms with Crippen LogP contribution in [0.4, 0.5) is 0 Å². The lowest BCUT2D eigenvalue weighted by Crippen LogP contribution is -2.15. The summed E-state index contributed by atoms with van der Waals surface area (Å²) in [5, 5.41) is 0.512. The number of aliphatic imine (C=N–C) groups is 1. The van der Waals surface area contributed by atoms with E-state index < -0.39 is 0 Å². The number of carbonyl (C=O) groups is 1. The molecule has 20 heavy (non-hydrogen) atoms. The van der Waals surface area contributed by atoms with Gasteiger partial charge < -0.3 is 15.2 Å². The lowest BCUT2D eigenvalue weighted by atomic mass is 10.1. The topological polar surface area (TPSA) is 73.9 Å². The molecule has 0 aliphatic carbocycles. The van der Waals surface area contributed by atoms with E-state index in [1.807, 2.05) is 19.1 Å². The van der Waals surface area contributed by atoms with Crippen molar-refractivity contribution in [2.24, 2.45) is 10.7 Å². The molecule has 1 rings (SSSR count). The van der Waals surface area contributed by atoms with E-state index in [1.54, 1.807) is 19.2 Å². The van der Waals surface area contributed by atoms with Crippen LogP contribution in [0, 0.1) is 0 Å². The van der Waals surface area contributed by atoms with Crippen LogP contribution in [0.25, 0.3) is 0 Å². The maximum atomic E-state index is 11.4. The Morgan fingerprint density at radius 1 is 1.45 bits per heavy atom. The number of rotatable bonds is 6. The van der Waals surface area contributed by atoms with Crippen LogP contribution in [0.3, 0.4) is 0 Å². The molecule has 1 aromatic carbocycles. The van der Waals surface area contributed by atoms with Crippen molar-refractivity contribution in [1.29, 1.82) is 0 Å². The standard InChI is InChI=1S/C14H20N2O3S/c1-10(8-18-2)16-14(15)20-9-11-5-4-6-12(7-11)13(17)19-3/h4-7,10H,8-9H2,1-3H3,(H2,15,16)/t10-/m0/s1. The van der Waals surface area contributed by atoms with Gasteiger partial charge in [0.25, 0.3) is 0 Å². The molecule has 5 nitrogen and oxygen atoms in total. The average Bonchev–Trinajstić information content (AvgIpc) is 2.44. The quantitative estimate of drug-likeness (QED) is 0.494. The zero-order valence-electron chi connectivity index (χ0n) is 12.0. The summed E-state index contributed by atoms with van der Waals surface area (Å²) in [7, 11) is 3.00. The fraction of sp³-hybridized carbons (Fsp3) is 0.429. The molecule has 1 atom stereocenters. The Bertz CT molecular complexity index is 477. The second kappa shape index (κ2) is 8.60. The maximum Gasteiger partial charge on any atom is 0.337 e. The predicted octanol–water partition coefficient (Wildman–Crippen LogP) is 2.06. The molecule has 110 valence electrons. The van der Waals surface area contributed by atoms with Crippen molar-refractivity contribution in [2.45, 2.75) is 18.7 Å². The third-order valence-electron chi connectivity index (χ3n) is 2.49. The first-order valence-electron chi connectivity index (χ1n) is 6.19. The minimum atomic E-state index is -0.341. The highest BCUT2D eigenvalue weighted by Gasteiger charge is 2.06. The first kappa shape index (κ1) is 16.5. The molecule has 1 aromatic rings. The fourth-order valence-corrected chi connectivity index (χ4v) is 2.34. The number of hydrogen-bond donors (Lipinski definition) is 1. The van der Waals surface area contributed by atoms with Crippen molar-refractivity contribution in [2.75, 3.05) is 20.8 Å². The Hall–Kier alpha value is -1.53. The minimum Gasteiger partial charge on any atom is -0.465 e. The largest absolute Gasteiger partial charge is 0.465 e. The first-order valence-corrected chi connectivity index (χ1v) is 7.17. The highest BCUT2D eigenvalue weighted by atomic mass is 32.2. The van der Waals surface area contributed by atoms with Gasteiger partial charge in [0.2, 0.25) is 0 Å². The molecule has 0 saturated carbocycles. The number of nitrogens with zero attached hydrogens (tertiary/aromatic N) is 1. The summed E-state index contributed by atoms with van der Waals surface area (Å²) in [6, 6.07) is 7.31. The first-order chi connectivity index (χ1) is 9.56. The Balaban J connectivity index is 2.59. The molecule has 0 heterocycles. The Labute approximate surface area is 123 Å². The van der Waals surface area contributed by atoms with Crippen LogP contribution < -0.4 is 5.73 Å². The molecule has 2 N–H and O–H groups in total. The van der Waals surface area contributed by atoms with Crippen LogP contribution in [0.5, 0.6) is 0 Å². The predicted molar refractivity (Wildman–Crippen MR) is 82.0 cm³/mol. The van der Waals surface area contributed by atoms with Gasteiger partial charge in [0, 0.05) is 12.9 Å². The molecule has 0 spiro atoms. The average molecular weight is 296 g/mol. The van der Waals surface area contributed by atoms with E-state index in [-0.39, 0.29) is 12.0 Å². The zero-order valence-corrected chi connectivity index (χ0v) is 12.8. The van der Waals surface area contributed by atoms with Crippen LogP contribution in [0.15, 0.2) is 29.3 Å². The van der Waals surface area contributed by atoms with E-state index in [1.165, 1.54) is 18.9 Å². The summed E-state index contributed by atoms with van der Waals surface area (Å²) in [4.78, 5) is 15.7. The number of amidine groups is 1. The van der Waals surface area contributed by atoms with Crippen LogP contribution in [0.1, 0.15) is 22.8 Å². The third kappa shape index (κ3) is 5.63. The lowest BCUT2D eigenvalue weighted by molar-refractivity contribution is 0.0600. The molecule has 0 aliphatic rings. The number of benzene rings is 1. The van der Waals surface area contributed by atoms with Gasteiger partial charge in [-0.1, -0.05) is 23.9 Å². The summed E-state index contributed by atoms with van der Waals surface area (Å²) in [6.45, 7) is 2.48. The lowest BCUT2D eigenvalue weighted by Gasteiger charge is -2.07. The molecular weight excluding hydrogens is 276 g/mol. The van der Waals surface area contributed by atoms with Crippen LogP contribution in [0.2, 0.25) is 0 Å². The highest BCUT2D eigenvalue weighted by molar-refractivity contribution is 8.13. The summed E-state index contributed by atoms with van der Waals surface area (Å²) < 4.78 is 9.69. The zero-order chi connectivity index (χ0) is 15.0. The SMILES string of the molecule is COC[C@H](C)N=C(N)SCc1cccc(C(=O)OC)c1. The number of esters is 1. The normalized spacial score (nSPS) is 13.1. The smallest absolute Gasteiger partial charge is 0.337 e. The highest BCUT2D eigenvalue weighted by Crippen LogP contribution is 2.15. The van der Waals surface area contributed by atoms with Crippen molar-refractivity contribution in [1.82, 2.24) is 0 Å². The van der Waals surface area contributed by atoms with Crippen molar-refractivity contribution in [3.63, 3.8) is 0 Å². The molecular formula is C14H20N2O3S. The molecule has 0 aliphatic heterocycles. The van der Waals surface area contributed by atoms with E-state index in [9.17, 15) is 4.79 Å². The van der Waals surface area contributed by atoms with Crippen molar-refractivity contribution < 1.29 is 14.3 Å². The Kier molecular flexibility index (Phi) is 7.11. The summed E-state index contributed by atoms with van der Waals surface area (Å²) in [5.41, 5.74) is 7.37. The van der Waals surface area contributed by atoms with Gasteiger partial charge in [0.15, 0.2) is 5.17 Å². The number of hydrogen-bond acceptors (Lipinski definition) is 5. The maximum absolute atomic E-state index is 11.4. The summed E-state index contributed by atoms with van der Waals surface area (Å²) >= 11 is 1.43.